The summed E-state index contributed by atoms with van der Waals surface area (Å²) in [5, 5.41) is 9.81. The molecule has 1 saturated heterocycles. The summed E-state index contributed by atoms with van der Waals surface area (Å²) >= 11 is 0. The van der Waals surface area contributed by atoms with Gasteiger partial charge >= 0.3 is 6.03 Å². The molecule has 1 heterocycles. The van der Waals surface area contributed by atoms with E-state index in [-0.39, 0.29) is 17.1 Å². The van der Waals surface area contributed by atoms with Gasteiger partial charge in [0.2, 0.25) is 0 Å². The molecular formula is C15H16N2O5. The highest BCUT2D eigenvalue weighted by Crippen LogP contribution is 2.32. The van der Waals surface area contributed by atoms with Crippen molar-refractivity contribution in [3.8, 4) is 11.5 Å². The van der Waals surface area contributed by atoms with Crippen molar-refractivity contribution in [3.05, 3.63) is 28.8 Å². The van der Waals surface area contributed by atoms with Crippen molar-refractivity contribution in [2.75, 3.05) is 21.2 Å². The molecule has 1 fully saturated rings. The van der Waals surface area contributed by atoms with Crippen LogP contribution in [0.4, 0.5) is 4.79 Å². The molecule has 0 unspecified atom stereocenters. The number of phenolic OH excluding ortho intramolecular Hbond substituents is 1. The number of nitrogens with zero attached hydrogens (tertiary/aromatic N) is 2. The van der Waals surface area contributed by atoms with E-state index in [0.29, 0.717) is 11.1 Å². The Morgan fingerprint density at radius 2 is 1.64 bits per heavy atom. The number of aryl methyl sites for hydroxylation is 1. The SMILES string of the molecule is COc1cc(C=C2C(=O)N(C)C(=O)N(C)C2=O)cc(C)c1O. The molecule has 0 aliphatic carbocycles. The molecule has 7 heteroatoms. The van der Waals surface area contributed by atoms with E-state index < -0.39 is 17.8 Å². The van der Waals surface area contributed by atoms with E-state index >= 15 is 0 Å². The van der Waals surface area contributed by atoms with Gasteiger partial charge in [-0.1, -0.05) is 0 Å². The molecule has 4 amide bonds. The van der Waals surface area contributed by atoms with E-state index in [1.807, 2.05) is 0 Å². The summed E-state index contributed by atoms with van der Waals surface area (Å²) in [4.78, 5) is 37.6. The highest BCUT2D eigenvalue weighted by molar-refractivity contribution is 6.30. The zero-order valence-corrected chi connectivity index (χ0v) is 12.7. The number of carbonyl (C=O) groups excluding carboxylic acids is 3. The van der Waals surface area contributed by atoms with Crippen molar-refractivity contribution in [2.24, 2.45) is 0 Å². The highest BCUT2D eigenvalue weighted by Gasteiger charge is 2.37. The predicted molar refractivity (Wildman–Crippen MR) is 78.3 cm³/mol. The number of rotatable bonds is 2. The third-order valence-electron chi connectivity index (χ3n) is 3.46. The second-order valence-corrected chi connectivity index (χ2v) is 4.96. The van der Waals surface area contributed by atoms with Gasteiger partial charge in [-0.15, -0.1) is 0 Å². The van der Waals surface area contributed by atoms with Gasteiger partial charge < -0.3 is 9.84 Å². The number of amides is 4. The molecule has 0 aromatic heterocycles. The maximum Gasteiger partial charge on any atom is 0.333 e. The van der Waals surface area contributed by atoms with Gasteiger partial charge in [0.05, 0.1) is 7.11 Å². The monoisotopic (exact) mass is 304 g/mol. The number of hydrogen-bond acceptors (Lipinski definition) is 5. The van der Waals surface area contributed by atoms with Crippen LogP contribution in [0.3, 0.4) is 0 Å². The first-order valence-electron chi connectivity index (χ1n) is 6.47. The normalized spacial score (nSPS) is 15.5. The summed E-state index contributed by atoms with van der Waals surface area (Å²) in [6, 6.07) is 2.44. The van der Waals surface area contributed by atoms with Crippen LogP contribution in [0.5, 0.6) is 11.5 Å². The fourth-order valence-electron chi connectivity index (χ4n) is 2.15. The van der Waals surface area contributed by atoms with Crippen LogP contribution >= 0.6 is 0 Å². The molecule has 116 valence electrons. The number of aromatic hydroxyl groups is 1. The van der Waals surface area contributed by atoms with Crippen molar-refractivity contribution in [3.63, 3.8) is 0 Å². The van der Waals surface area contributed by atoms with Gasteiger partial charge in [0.25, 0.3) is 11.8 Å². The van der Waals surface area contributed by atoms with Crippen LogP contribution in [0.2, 0.25) is 0 Å². The summed E-state index contributed by atoms with van der Waals surface area (Å²) < 4.78 is 5.04. The van der Waals surface area contributed by atoms with E-state index in [4.69, 9.17) is 4.74 Å². The minimum Gasteiger partial charge on any atom is -0.504 e. The first kappa shape index (κ1) is 15.6. The number of urea groups is 1. The summed E-state index contributed by atoms with van der Waals surface area (Å²) in [6.07, 6.45) is 1.37. The lowest BCUT2D eigenvalue weighted by Gasteiger charge is -2.28. The maximum absolute atomic E-state index is 12.1. The van der Waals surface area contributed by atoms with Crippen LogP contribution in [0, 0.1) is 6.92 Å². The Bertz CT molecular complexity index is 682. The van der Waals surface area contributed by atoms with E-state index in [1.165, 1.54) is 33.3 Å². The van der Waals surface area contributed by atoms with Crippen LogP contribution in [0.1, 0.15) is 11.1 Å². The van der Waals surface area contributed by atoms with Gasteiger partial charge in [-0.3, -0.25) is 19.4 Å². The van der Waals surface area contributed by atoms with E-state index in [0.717, 1.165) is 9.80 Å². The molecule has 1 aromatic carbocycles. The first-order valence-corrected chi connectivity index (χ1v) is 6.47. The molecule has 0 radical (unpaired) electrons. The Morgan fingerprint density at radius 1 is 1.09 bits per heavy atom. The van der Waals surface area contributed by atoms with Gasteiger partial charge in [0.15, 0.2) is 11.5 Å². The number of ether oxygens (including phenoxy) is 1. The zero-order valence-electron chi connectivity index (χ0n) is 12.7. The van der Waals surface area contributed by atoms with Gasteiger partial charge in [-0.2, -0.15) is 0 Å². The molecule has 1 N–H and O–H groups in total. The molecule has 0 atom stereocenters. The number of benzene rings is 1. The number of likely N-dealkylation sites (N-methyl/N-ethyl adjacent to an activating group) is 2. The molecular weight excluding hydrogens is 288 g/mol. The predicted octanol–water partition coefficient (Wildman–Crippen LogP) is 1.14. The lowest BCUT2D eigenvalue weighted by atomic mass is 10.0. The molecule has 0 spiro atoms. The van der Waals surface area contributed by atoms with Crippen LogP contribution in [0.15, 0.2) is 17.7 Å². The Hall–Kier alpha value is -2.83. The Morgan fingerprint density at radius 3 is 2.14 bits per heavy atom. The minimum absolute atomic E-state index is 0.00430. The smallest absolute Gasteiger partial charge is 0.333 e. The fourth-order valence-corrected chi connectivity index (χ4v) is 2.15. The summed E-state index contributed by atoms with van der Waals surface area (Å²) in [5.74, 6) is -1.11. The molecule has 1 aliphatic heterocycles. The number of barbiturate groups is 1. The number of phenols is 1. The molecule has 0 saturated carbocycles. The Balaban J connectivity index is 2.52. The number of hydrogen-bond donors (Lipinski definition) is 1. The third kappa shape index (κ3) is 2.41. The topological polar surface area (TPSA) is 87.2 Å². The van der Waals surface area contributed by atoms with Gasteiger partial charge in [0.1, 0.15) is 5.57 Å². The average Bonchev–Trinajstić information content (AvgIpc) is 2.50. The maximum atomic E-state index is 12.1. The number of imide groups is 2. The molecule has 7 nitrogen and oxygen atoms in total. The van der Waals surface area contributed by atoms with Crippen molar-refractivity contribution < 1.29 is 24.2 Å². The lowest BCUT2D eigenvalue weighted by Crippen LogP contribution is -2.52. The molecule has 1 aliphatic rings. The lowest BCUT2D eigenvalue weighted by molar-refractivity contribution is -0.134. The largest absolute Gasteiger partial charge is 0.504 e. The van der Waals surface area contributed by atoms with Crippen LogP contribution < -0.4 is 4.74 Å². The molecule has 1 aromatic rings. The Labute approximate surface area is 127 Å². The molecule has 2 rings (SSSR count). The summed E-state index contributed by atoms with van der Waals surface area (Å²) in [5.41, 5.74) is 0.927. The second-order valence-electron chi connectivity index (χ2n) is 4.96. The van der Waals surface area contributed by atoms with Crippen LogP contribution in [0.25, 0.3) is 6.08 Å². The van der Waals surface area contributed by atoms with Crippen molar-refractivity contribution in [1.29, 1.82) is 0 Å². The first-order chi connectivity index (χ1) is 10.3. The quantitative estimate of drug-likeness (QED) is 0.654. The van der Waals surface area contributed by atoms with Gasteiger partial charge in [0, 0.05) is 14.1 Å². The third-order valence-corrected chi connectivity index (χ3v) is 3.46. The van der Waals surface area contributed by atoms with E-state index in [9.17, 15) is 19.5 Å². The average molecular weight is 304 g/mol. The van der Waals surface area contributed by atoms with E-state index in [2.05, 4.69) is 0 Å². The van der Waals surface area contributed by atoms with Crippen LogP contribution in [-0.2, 0) is 9.59 Å². The minimum atomic E-state index is -0.674. The number of methoxy groups -OCH3 is 1. The second kappa shape index (κ2) is 5.51. The van der Waals surface area contributed by atoms with Gasteiger partial charge in [-0.05, 0) is 36.3 Å². The van der Waals surface area contributed by atoms with Crippen molar-refractivity contribution in [1.82, 2.24) is 9.80 Å². The molecule has 0 bridgehead atoms. The number of carbonyl (C=O) groups is 3. The summed E-state index contributed by atoms with van der Waals surface area (Å²) in [6.45, 7) is 1.67. The van der Waals surface area contributed by atoms with Crippen molar-refractivity contribution >= 4 is 23.9 Å². The van der Waals surface area contributed by atoms with Crippen LogP contribution in [-0.4, -0.2) is 54.0 Å². The fraction of sp³-hybridized carbons (Fsp3) is 0.267. The van der Waals surface area contributed by atoms with Crippen molar-refractivity contribution in [2.45, 2.75) is 6.92 Å². The summed E-state index contributed by atoms with van der Waals surface area (Å²) in [7, 11) is 4.02. The van der Waals surface area contributed by atoms with Gasteiger partial charge in [-0.25, -0.2) is 4.79 Å². The molecule has 22 heavy (non-hydrogen) atoms. The highest BCUT2D eigenvalue weighted by atomic mass is 16.5. The standard InChI is InChI=1S/C15H16N2O5/c1-8-5-9(7-11(22-4)12(8)18)6-10-13(19)16(2)15(21)17(3)14(10)20/h5-7,18H,1-4H3. The zero-order chi connectivity index (χ0) is 16.6. The van der Waals surface area contributed by atoms with E-state index in [1.54, 1.807) is 13.0 Å². The Kier molecular flexibility index (Phi) is 3.90.